The van der Waals surface area contributed by atoms with Crippen molar-refractivity contribution in [1.29, 1.82) is 0 Å². The predicted octanol–water partition coefficient (Wildman–Crippen LogP) is 3.93. The van der Waals surface area contributed by atoms with Gasteiger partial charge in [-0.1, -0.05) is 54.1 Å². The summed E-state index contributed by atoms with van der Waals surface area (Å²) in [5.41, 5.74) is 1.99. The number of hydrogen-bond acceptors (Lipinski definition) is 4. The monoisotopic (exact) mass is 299 g/mol. The van der Waals surface area contributed by atoms with Crippen molar-refractivity contribution in [3.05, 3.63) is 77.0 Å². The van der Waals surface area contributed by atoms with Gasteiger partial charge < -0.3 is 9.73 Å². The molecule has 2 aromatic carbocycles. The summed E-state index contributed by atoms with van der Waals surface area (Å²) in [7, 11) is 0. The predicted molar refractivity (Wildman–Crippen MR) is 82.3 cm³/mol. The van der Waals surface area contributed by atoms with Gasteiger partial charge in [-0.25, -0.2) is 0 Å². The quantitative estimate of drug-likeness (QED) is 0.775. The Hall–Kier alpha value is -2.33. The first-order valence-corrected chi connectivity index (χ1v) is 7.02. The van der Waals surface area contributed by atoms with Crippen molar-refractivity contribution < 1.29 is 4.42 Å². The molecule has 4 nitrogen and oxygen atoms in total. The lowest BCUT2D eigenvalue weighted by Gasteiger charge is -2.04. The highest BCUT2D eigenvalue weighted by Gasteiger charge is 2.07. The molecule has 0 radical (unpaired) electrons. The van der Waals surface area contributed by atoms with Gasteiger partial charge in [-0.2, -0.15) is 0 Å². The van der Waals surface area contributed by atoms with Gasteiger partial charge in [-0.05, 0) is 17.7 Å². The molecular formula is C16H14ClN3O. The molecule has 106 valence electrons. The lowest BCUT2D eigenvalue weighted by atomic mass is 10.2. The molecule has 5 heteroatoms. The molecule has 0 aliphatic carbocycles. The summed E-state index contributed by atoms with van der Waals surface area (Å²) in [6, 6.07) is 17.6. The standard InChI is InChI=1S/C16H14ClN3O/c17-13-8-4-5-9-14(13)18-11-16-20-19-15(21-16)10-12-6-2-1-3-7-12/h1-9,18H,10-11H2. The maximum atomic E-state index is 6.07. The van der Waals surface area contributed by atoms with Gasteiger partial charge >= 0.3 is 0 Å². The Labute approximate surface area is 127 Å². The fourth-order valence-corrected chi connectivity index (χ4v) is 2.18. The van der Waals surface area contributed by atoms with Crippen LogP contribution < -0.4 is 5.32 Å². The molecule has 3 rings (SSSR count). The second-order valence-corrected chi connectivity index (χ2v) is 4.99. The normalized spacial score (nSPS) is 10.5. The minimum atomic E-state index is 0.450. The van der Waals surface area contributed by atoms with Crippen LogP contribution in [0, 0.1) is 0 Å². The summed E-state index contributed by atoms with van der Waals surface area (Å²) in [6.07, 6.45) is 0.639. The molecule has 1 aromatic heterocycles. The van der Waals surface area contributed by atoms with Gasteiger partial charge in [0.25, 0.3) is 0 Å². The zero-order valence-electron chi connectivity index (χ0n) is 11.3. The van der Waals surface area contributed by atoms with Crippen LogP contribution in [0.4, 0.5) is 5.69 Å². The van der Waals surface area contributed by atoms with Crippen molar-refractivity contribution in [3.8, 4) is 0 Å². The van der Waals surface area contributed by atoms with Crippen LogP contribution >= 0.6 is 11.6 Å². The van der Waals surface area contributed by atoms with Crippen molar-refractivity contribution in [2.24, 2.45) is 0 Å². The van der Waals surface area contributed by atoms with Crippen molar-refractivity contribution in [1.82, 2.24) is 10.2 Å². The van der Waals surface area contributed by atoms with Gasteiger partial charge in [0.1, 0.15) is 0 Å². The highest BCUT2D eigenvalue weighted by molar-refractivity contribution is 6.33. The molecule has 21 heavy (non-hydrogen) atoms. The van der Waals surface area contributed by atoms with Crippen LogP contribution in [-0.2, 0) is 13.0 Å². The van der Waals surface area contributed by atoms with Crippen molar-refractivity contribution in [2.45, 2.75) is 13.0 Å². The Morgan fingerprint density at radius 1 is 0.905 bits per heavy atom. The summed E-state index contributed by atoms with van der Waals surface area (Å²) in [4.78, 5) is 0. The van der Waals surface area contributed by atoms with Gasteiger partial charge in [0.05, 0.1) is 23.7 Å². The number of nitrogens with zero attached hydrogens (tertiary/aromatic N) is 2. The van der Waals surface area contributed by atoms with E-state index in [1.807, 2.05) is 54.6 Å². The minimum Gasteiger partial charge on any atom is -0.423 e. The number of nitrogens with one attached hydrogen (secondary N) is 1. The second-order valence-electron chi connectivity index (χ2n) is 4.59. The number of benzene rings is 2. The fourth-order valence-electron chi connectivity index (χ4n) is 1.98. The maximum Gasteiger partial charge on any atom is 0.235 e. The van der Waals surface area contributed by atoms with Crippen LogP contribution in [-0.4, -0.2) is 10.2 Å². The number of anilines is 1. The van der Waals surface area contributed by atoms with E-state index in [9.17, 15) is 0 Å². The fraction of sp³-hybridized carbons (Fsp3) is 0.125. The average molecular weight is 300 g/mol. The summed E-state index contributed by atoms with van der Waals surface area (Å²) in [5, 5.41) is 11.9. The molecule has 0 saturated carbocycles. The second kappa shape index (κ2) is 6.41. The van der Waals surface area contributed by atoms with Gasteiger partial charge in [0, 0.05) is 0 Å². The van der Waals surface area contributed by atoms with Crippen molar-refractivity contribution in [2.75, 3.05) is 5.32 Å². The molecule has 0 amide bonds. The van der Waals surface area contributed by atoms with E-state index in [1.54, 1.807) is 0 Å². The third-order valence-corrected chi connectivity index (χ3v) is 3.34. The van der Waals surface area contributed by atoms with Crippen molar-refractivity contribution >= 4 is 17.3 Å². The Balaban J connectivity index is 1.62. The van der Waals surface area contributed by atoms with E-state index in [1.165, 1.54) is 0 Å². The van der Waals surface area contributed by atoms with E-state index in [0.29, 0.717) is 29.8 Å². The number of halogens is 1. The number of aromatic nitrogens is 2. The maximum absolute atomic E-state index is 6.07. The molecular weight excluding hydrogens is 286 g/mol. The molecule has 0 aliphatic rings. The van der Waals surface area contributed by atoms with Crippen LogP contribution in [0.25, 0.3) is 0 Å². The first-order valence-electron chi connectivity index (χ1n) is 6.65. The molecule has 0 saturated heterocycles. The van der Waals surface area contributed by atoms with E-state index in [-0.39, 0.29) is 0 Å². The van der Waals surface area contributed by atoms with Crippen LogP contribution in [0.5, 0.6) is 0 Å². The largest absolute Gasteiger partial charge is 0.423 e. The van der Waals surface area contributed by atoms with E-state index in [0.717, 1.165) is 11.3 Å². The van der Waals surface area contributed by atoms with Crippen LogP contribution in [0.2, 0.25) is 5.02 Å². The summed E-state index contributed by atoms with van der Waals surface area (Å²) < 4.78 is 5.62. The minimum absolute atomic E-state index is 0.450. The molecule has 1 N–H and O–H groups in total. The van der Waals surface area contributed by atoms with Crippen LogP contribution in [0.1, 0.15) is 17.3 Å². The number of hydrogen-bond donors (Lipinski definition) is 1. The molecule has 0 bridgehead atoms. The summed E-state index contributed by atoms with van der Waals surface area (Å²) in [5.74, 6) is 1.15. The smallest absolute Gasteiger partial charge is 0.235 e. The first kappa shape index (κ1) is 13.6. The van der Waals surface area contributed by atoms with Gasteiger partial charge in [0.15, 0.2) is 0 Å². The van der Waals surface area contributed by atoms with Gasteiger partial charge in [-0.15, -0.1) is 10.2 Å². The average Bonchev–Trinajstić information content (AvgIpc) is 2.95. The Morgan fingerprint density at radius 3 is 2.43 bits per heavy atom. The van der Waals surface area contributed by atoms with Crippen LogP contribution in [0.15, 0.2) is 59.0 Å². The summed E-state index contributed by atoms with van der Waals surface area (Å²) >= 11 is 6.07. The van der Waals surface area contributed by atoms with E-state index >= 15 is 0 Å². The van der Waals surface area contributed by atoms with Gasteiger partial charge in [-0.3, -0.25) is 0 Å². The summed E-state index contributed by atoms with van der Waals surface area (Å²) in [6.45, 7) is 0.450. The number of rotatable bonds is 5. The highest BCUT2D eigenvalue weighted by Crippen LogP contribution is 2.21. The highest BCUT2D eigenvalue weighted by atomic mass is 35.5. The molecule has 0 unspecified atom stereocenters. The zero-order chi connectivity index (χ0) is 14.5. The molecule has 3 aromatic rings. The molecule has 0 aliphatic heterocycles. The molecule has 0 spiro atoms. The Kier molecular flexibility index (Phi) is 4.17. The lowest BCUT2D eigenvalue weighted by molar-refractivity contribution is 0.464. The Morgan fingerprint density at radius 2 is 1.62 bits per heavy atom. The van der Waals surface area contributed by atoms with Gasteiger partial charge in [0.2, 0.25) is 11.8 Å². The van der Waals surface area contributed by atoms with Crippen molar-refractivity contribution in [3.63, 3.8) is 0 Å². The topological polar surface area (TPSA) is 51.0 Å². The third-order valence-electron chi connectivity index (χ3n) is 3.01. The molecule has 1 heterocycles. The molecule has 0 fully saturated rings. The zero-order valence-corrected chi connectivity index (χ0v) is 12.0. The van der Waals surface area contributed by atoms with E-state index in [4.69, 9.17) is 16.0 Å². The number of para-hydroxylation sites is 1. The van der Waals surface area contributed by atoms with E-state index < -0.39 is 0 Å². The third kappa shape index (κ3) is 3.61. The lowest BCUT2D eigenvalue weighted by Crippen LogP contribution is -1.99. The molecule has 0 atom stereocenters. The SMILES string of the molecule is Clc1ccccc1NCc1nnc(Cc2ccccc2)o1. The van der Waals surface area contributed by atoms with Crippen LogP contribution in [0.3, 0.4) is 0 Å². The Bertz CT molecular complexity index is 712. The first-order chi connectivity index (χ1) is 10.3. The van der Waals surface area contributed by atoms with E-state index in [2.05, 4.69) is 15.5 Å².